The third-order valence-corrected chi connectivity index (χ3v) is 2.59. The summed E-state index contributed by atoms with van der Waals surface area (Å²) in [7, 11) is 1.51. The number of hydrogen-bond donors (Lipinski definition) is 2. The number of thioether (sulfide) groups is 1. The molecule has 6 nitrogen and oxygen atoms in total. The first kappa shape index (κ1) is 12.4. The summed E-state index contributed by atoms with van der Waals surface area (Å²) in [4.78, 5) is 21.4. The largest absolute Gasteiger partial charge is 0.481 e. The van der Waals surface area contributed by atoms with E-state index in [1.54, 1.807) is 12.1 Å². The Balaban J connectivity index is 2.51. The summed E-state index contributed by atoms with van der Waals surface area (Å²) >= 11 is 1.29. The minimum absolute atomic E-state index is 0.0730. The Morgan fingerprint density at radius 2 is 2.19 bits per heavy atom. The predicted octanol–water partition coefficient (Wildman–Crippen LogP) is 0.403. The SMILES string of the molecule is CNC(=O)c1ccc(SCCC(=O)O)nn1. The lowest BCUT2D eigenvalue weighted by atomic mass is 10.4. The number of amides is 1. The second-order valence-corrected chi connectivity index (χ2v) is 3.94. The van der Waals surface area contributed by atoms with Gasteiger partial charge in [0.2, 0.25) is 0 Å². The van der Waals surface area contributed by atoms with E-state index in [9.17, 15) is 9.59 Å². The van der Waals surface area contributed by atoms with Crippen LogP contribution in [-0.4, -0.2) is 40.0 Å². The number of rotatable bonds is 5. The molecule has 0 spiro atoms. The average Bonchev–Trinajstić information content (AvgIpc) is 2.28. The number of carboxylic acids is 1. The van der Waals surface area contributed by atoms with Crippen molar-refractivity contribution in [1.29, 1.82) is 0 Å². The van der Waals surface area contributed by atoms with Crippen LogP contribution in [0.3, 0.4) is 0 Å². The van der Waals surface area contributed by atoms with Gasteiger partial charge in [0.1, 0.15) is 5.03 Å². The lowest BCUT2D eigenvalue weighted by Gasteiger charge is -2.00. The molecule has 0 fully saturated rings. The van der Waals surface area contributed by atoms with Crippen molar-refractivity contribution >= 4 is 23.6 Å². The van der Waals surface area contributed by atoms with Gasteiger partial charge in [0.15, 0.2) is 5.69 Å². The minimum atomic E-state index is -0.845. The number of carboxylic acid groups (broad SMARTS) is 1. The number of carbonyl (C=O) groups excluding carboxylic acids is 1. The van der Waals surface area contributed by atoms with E-state index in [-0.39, 0.29) is 18.0 Å². The highest BCUT2D eigenvalue weighted by molar-refractivity contribution is 7.99. The molecule has 0 aromatic carbocycles. The molecule has 0 aliphatic heterocycles. The Morgan fingerprint density at radius 1 is 1.44 bits per heavy atom. The predicted molar refractivity (Wildman–Crippen MR) is 58.4 cm³/mol. The molecule has 1 heterocycles. The zero-order valence-electron chi connectivity index (χ0n) is 8.64. The molecule has 0 radical (unpaired) electrons. The smallest absolute Gasteiger partial charge is 0.304 e. The molecule has 86 valence electrons. The molecule has 0 saturated heterocycles. The summed E-state index contributed by atoms with van der Waals surface area (Å²) < 4.78 is 0. The van der Waals surface area contributed by atoms with E-state index in [0.29, 0.717) is 10.8 Å². The number of nitrogens with zero attached hydrogens (tertiary/aromatic N) is 2. The van der Waals surface area contributed by atoms with Gasteiger partial charge in [0.25, 0.3) is 5.91 Å². The molecule has 0 atom stereocenters. The summed E-state index contributed by atoms with van der Waals surface area (Å²) in [6, 6.07) is 3.19. The first-order valence-corrected chi connectivity index (χ1v) is 5.52. The first-order chi connectivity index (χ1) is 7.63. The molecule has 0 aliphatic rings. The molecular formula is C9H11N3O3S. The Bertz CT molecular complexity index is 380. The standard InChI is InChI=1S/C9H11N3O3S/c1-10-9(15)6-2-3-7(12-11-6)16-5-4-8(13)14/h2-3H,4-5H2,1H3,(H,10,15)(H,13,14). The maximum atomic E-state index is 11.1. The van der Waals surface area contributed by atoms with Gasteiger partial charge in [0.05, 0.1) is 6.42 Å². The van der Waals surface area contributed by atoms with Crippen molar-refractivity contribution in [2.45, 2.75) is 11.4 Å². The Kier molecular flexibility index (Phi) is 4.71. The van der Waals surface area contributed by atoms with Gasteiger partial charge in [-0.25, -0.2) is 0 Å². The molecule has 16 heavy (non-hydrogen) atoms. The molecule has 7 heteroatoms. The quantitative estimate of drug-likeness (QED) is 0.725. The molecule has 1 aromatic heterocycles. The van der Waals surface area contributed by atoms with Crippen LogP contribution in [0.2, 0.25) is 0 Å². The van der Waals surface area contributed by atoms with Crippen molar-refractivity contribution in [3.8, 4) is 0 Å². The molecule has 0 bridgehead atoms. The number of aliphatic carboxylic acids is 1. The zero-order valence-corrected chi connectivity index (χ0v) is 9.45. The third-order valence-electron chi connectivity index (χ3n) is 1.67. The number of nitrogens with one attached hydrogen (secondary N) is 1. The van der Waals surface area contributed by atoms with E-state index in [1.165, 1.54) is 18.8 Å². The second kappa shape index (κ2) is 6.06. The summed E-state index contributed by atoms with van der Waals surface area (Å²) in [6.45, 7) is 0. The monoisotopic (exact) mass is 241 g/mol. The van der Waals surface area contributed by atoms with E-state index in [0.717, 1.165) is 0 Å². The number of carbonyl (C=O) groups is 2. The van der Waals surface area contributed by atoms with Crippen LogP contribution in [-0.2, 0) is 4.79 Å². The molecular weight excluding hydrogens is 230 g/mol. The van der Waals surface area contributed by atoms with Crippen LogP contribution in [0.1, 0.15) is 16.9 Å². The highest BCUT2D eigenvalue weighted by Crippen LogP contribution is 2.14. The van der Waals surface area contributed by atoms with Crippen molar-refractivity contribution in [2.75, 3.05) is 12.8 Å². The fourth-order valence-electron chi connectivity index (χ4n) is 0.889. The maximum absolute atomic E-state index is 11.1. The van der Waals surface area contributed by atoms with Crippen molar-refractivity contribution in [3.05, 3.63) is 17.8 Å². The van der Waals surface area contributed by atoms with E-state index in [1.807, 2.05) is 0 Å². The lowest BCUT2D eigenvalue weighted by molar-refractivity contribution is -0.136. The summed E-state index contributed by atoms with van der Waals surface area (Å²) in [5.74, 6) is -0.708. The second-order valence-electron chi connectivity index (χ2n) is 2.83. The van der Waals surface area contributed by atoms with Gasteiger partial charge in [-0.1, -0.05) is 0 Å². The minimum Gasteiger partial charge on any atom is -0.481 e. The van der Waals surface area contributed by atoms with Crippen LogP contribution in [0.15, 0.2) is 17.2 Å². The highest BCUT2D eigenvalue weighted by atomic mass is 32.2. The molecule has 1 amide bonds. The van der Waals surface area contributed by atoms with E-state index >= 15 is 0 Å². The number of aromatic nitrogens is 2. The Hall–Kier alpha value is -1.63. The third kappa shape index (κ3) is 3.85. The van der Waals surface area contributed by atoms with Crippen LogP contribution >= 0.6 is 11.8 Å². The van der Waals surface area contributed by atoms with Crippen LogP contribution in [0.25, 0.3) is 0 Å². The summed E-state index contributed by atoms with van der Waals surface area (Å²) in [6.07, 6.45) is 0.0730. The Morgan fingerprint density at radius 3 is 2.69 bits per heavy atom. The lowest BCUT2D eigenvalue weighted by Crippen LogP contribution is -2.19. The zero-order chi connectivity index (χ0) is 12.0. The molecule has 1 aromatic rings. The van der Waals surface area contributed by atoms with Crippen LogP contribution in [0.5, 0.6) is 0 Å². The van der Waals surface area contributed by atoms with Crippen LogP contribution < -0.4 is 5.32 Å². The highest BCUT2D eigenvalue weighted by Gasteiger charge is 2.06. The molecule has 1 rings (SSSR count). The van der Waals surface area contributed by atoms with Gasteiger partial charge in [-0.05, 0) is 12.1 Å². The van der Waals surface area contributed by atoms with E-state index in [2.05, 4.69) is 15.5 Å². The van der Waals surface area contributed by atoms with Gasteiger partial charge in [-0.2, -0.15) is 0 Å². The average molecular weight is 241 g/mol. The summed E-state index contributed by atoms with van der Waals surface area (Å²) in [5, 5.41) is 19.0. The van der Waals surface area contributed by atoms with Crippen LogP contribution in [0, 0.1) is 0 Å². The van der Waals surface area contributed by atoms with Crippen molar-refractivity contribution < 1.29 is 14.7 Å². The number of hydrogen-bond acceptors (Lipinski definition) is 5. The van der Waals surface area contributed by atoms with Crippen molar-refractivity contribution in [2.24, 2.45) is 0 Å². The van der Waals surface area contributed by atoms with Crippen molar-refractivity contribution in [3.63, 3.8) is 0 Å². The molecule has 2 N–H and O–H groups in total. The van der Waals surface area contributed by atoms with E-state index < -0.39 is 5.97 Å². The fourth-order valence-corrected chi connectivity index (χ4v) is 1.64. The normalized spacial score (nSPS) is 9.81. The Labute approximate surface area is 96.5 Å². The van der Waals surface area contributed by atoms with Crippen LogP contribution in [0.4, 0.5) is 0 Å². The molecule has 0 unspecified atom stereocenters. The maximum Gasteiger partial charge on any atom is 0.304 e. The van der Waals surface area contributed by atoms with Gasteiger partial charge < -0.3 is 10.4 Å². The van der Waals surface area contributed by atoms with Gasteiger partial charge in [-0.15, -0.1) is 22.0 Å². The molecule has 0 aliphatic carbocycles. The summed E-state index contributed by atoms with van der Waals surface area (Å²) in [5.41, 5.74) is 0.241. The van der Waals surface area contributed by atoms with Gasteiger partial charge in [0, 0.05) is 12.8 Å². The topological polar surface area (TPSA) is 92.2 Å². The van der Waals surface area contributed by atoms with Crippen molar-refractivity contribution in [1.82, 2.24) is 15.5 Å². The van der Waals surface area contributed by atoms with Gasteiger partial charge >= 0.3 is 5.97 Å². The van der Waals surface area contributed by atoms with E-state index in [4.69, 9.17) is 5.11 Å². The first-order valence-electron chi connectivity index (χ1n) is 4.54. The molecule has 0 saturated carbocycles. The van der Waals surface area contributed by atoms with Gasteiger partial charge in [-0.3, -0.25) is 9.59 Å². The fraction of sp³-hybridized carbons (Fsp3) is 0.333.